The second-order valence-electron chi connectivity index (χ2n) is 5.19. The van der Waals surface area contributed by atoms with Crippen molar-refractivity contribution in [3.8, 4) is 11.3 Å². The van der Waals surface area contributed by atoms with Gasteiger partial charge in [-0.15, -0.1) is 0 Å². The minimum absolute atomic E-state index is 0.365. The van der Waals surface area contributed by atoms with Crippen molar-refractivity contribution in [2.75, 3.05) is 10.6 Å². The van der Waals surface area contributed by atoms with Crippen molar-refractivity contribution in [3.63, 3.8) is 0 Å². The number of aryl methyl sites for hydroxylation is 1. The molecule has 24 heavy (non-hydrogen) atoms. The van der Waals surface area contributed by atoms with Crippen molar-refractivity contribution in [2.45, 2.75) is 6.92 Å². The first-order chi connectivity index (χ1) is 11.6. The fourth-order valence-electron chi connectivity index (χ4n) is 2.19. The van der Waals surface area contributed by atoms with Crippen LogP contribution in [0.1, 0.15) is 5.56 Å². The third kappa shape index (κ3) is 3.88. The molecule has 1 aromatic carbocycles. The van der Waals surface area contributed by atoms with Gasteiger partial charge in [0.25, 0.3) is 0 Å². The summed E-state index contributed by atoms with van der Waals surface area (Å²) in [5.41, 5.74) is 3.26. The molecule has 0 unspecified atom stereocenters. The molecular formula is C18H15ClN4O. The van der Waals surface area contributed by atoms with E-state index in [4.69, 9.17) is 11.6 Å². The summed E-state index contributed by atoms with van der Waals surface area (Å²) in [7, 11) is 0. The van der Waals surface area contributed by atoms with E-state index in [1.807, 2.05) is 37.3 Å². The normalized spacial score (nSPS) is 10.2. The molecule has 0 saturated heterocycles. The molecule has 0 spiro atoms. The molecule has 2 N–H and O–H groups in total. The number of nitrogens with zero attached hydrogens (tertiary/aromatic N) is 2. The highest BCUT2D eigenvalue weighted by Gasteiger charge is 2.06. The summed E-state index contributed by atoms with van der Waals surface area (Å²) in [5.74, 6) is 0.465. The molecule has 0 fully saturated rings. The lowest BCUT2D eigenvalue weighted by molar-refractivity contribution is 0.262. The van der Waals surface area contributed by atoms with E-state index in [1.54, 1.807) is 30.6 Å². The predicted molar refractivity (Wildman–Crippen MR) is 96.3 cm³/mol. The van der Waals surface area contributed by atoms with Crippen LogP contribution in [0.3, 0.4) is 0 Å². The van der Waals surface area contributed by atoms with Crippen LogP contribution in [-0.4, -0.2) is 16.0 Å². The highest BCUT2D eigenvalue weighted by molar-refractivity contribution is 6.31. The number of aromatic nitrogens is 2. The maximum atomic E-state index is 12.1. The van der Waals surface area contributed by atoms with Crippen molar-refractivity contribution < 1.29 is 4.79 Å². The summed E-state index contributed by atoms with van der Waals surface area (Å²) in [6, 6.07) is 14.1. The Labute approximate surface area is 144 Å². The van der Waals surface area contributed by atoms with Gasteiger partial charge in [0.05, 0.1) is 5.69 Å². The van der Waals surface area contributed by atoms with Crippen molar-refractivity contribution in [3.05, 3.63) is 71.5 Å². The summed E-state index contributed by atoms with van der Waals surface area (Å²) >= 11 is 5.98. The van der Waals surface area contributed by atoms with Crippen LogP contribution >= 0.6 is 11.6 Å². The summed E-state index contributed by atoms with van der Waals surface area (Å²) in [5, 5.41) is 6.14. The quantitative estimate of drug-likeness (QED) is 0.724. The molecule has 2 amide bonds. The SMILES string of the molecule is Cc1cc(NC(=O)Nc2cccc(-c3ccncc3)n2)ccc1Cl. The molecule has 3 aromatic rings. The number of anilines is 2. The molecule has 3 rings (SSSR count). The molecule has 0 bridgehead atoms. The summed E-state index contributed by atoms with van der Waals surface area (Å²) in [6.45, 7) is 1.88. The van der Waals surface area contributed by atoms with E-state index >= 15 is 0 Å². The van der Waals surface area contributed by atoms with E-state index in [9.17, 15) is 4.79 Å². The first kappa shape index (κ1) is 16.0. The highest BCUT2D eigenvalue weighted by Crippen LogP contribution is 2.20. The Hall–Kier alpha value is -2.92. The van der Waals surface area contributed by atoms with Gasteiger partial charge in [-0.3, -0.25) is 10.3 Å². The number of halogens is 1. The van der Waals surface area contributed by atoms with Crippen LogP contribution in [0.5, 0.6) is 0 Å². The van der Waals surface area contributed by atoms with Gasteiger partial charge in [0.2, 0.25) is 0 Å². The number of carbonyl (C=O) groups excluding carboxylic acids is 1. The van der Waals surface area contributed by atoms with Gasteiger partial charge < -0.3 is 5.32 Å². The average Bonchev–Trinajstić information content (AvgIpc) is 2.59. The summed E-state index contributed by atoms with van der Waals surface area (Å²) < 4.78 is 0. The van der Waals surface area contributed by atoms with Gasteiger partial charge in [-0.2, -0.15) is 0 Å². The Morgan fingerprint density at radius 2 is 1.83 bits per heavy atom. The number of rotatable bonds is 3. The molecule has 2 aromatic heterocycles. The molecule has 120 valence electrons. The number of urea groups is 1. The average molecular weight is 339 g/mol. The number of hydrogen-bond acceptors (Lipinski definition) is 3. The van der Waals surface area contributed by atoms with E-state index in [0.717, 1.165) is 16.8 Å². The number of nitrogens with one attached hydrogen (secondary N) is 2. The third-order valence-electron chi connectivity index (χ3n) is 3.38. The van der Waals surface area contributed by atoms with E-state index in [0.29, 0.717) is 16.5 Å². The zero-order chi connectivity index (χ0) is 16.9. The second-order valence-corrected chi connectivity index (χ2v) is 5.59. The van der Waals surface area contributed by atoms with Crippen molar-refractivity contribution in [1.82, 2.24) is 9.97 Å². The fraction of sp³-hybridized carbons (Fsp3) is 0.0556. The molecule has 0 aliphatic carbocycles. The van der Waals surface area contributed by atoms with Gasteiger partial charge in [0.15, 0.2) is 0 Å². The Balaban J connectivity index is 1.71. The monoisotopic (exact) mass is 338 g/mol. The van der Waals surface area contributed by atoms with Crippen LogP contribution < -0.4 is 10.6 Å². The molecule has 0 saturated carbocycles. The van der Waals surface area contributed by atoms with Gasteiger partial charge >= 0.3 is 6.03 Å². The number of pyridine rings is 2. The van der Waals surface area contributed by atoms with Gasteiger partial charge in [0.1, 0.15) is 5.82 Å². The third-order valence-corrected chi connectivity index (χ3v) is 3.81. The van der Waals surface area contributed by atoms with Crippen LogP contribution in [0.15, 0.2) is 60.9 Å². The minimum atomic E-state index is -0.365. The lowest BCUT2D eigenvalue weighted by Crippen LogP contribution is -2.20. The maximum Gasteiger partial charge on any atom is 0.324 e. The fourth-order valence-corrected chi connectivity index (χ4v) is 2.31. The number of amides is 2. The Morgan fingerprint density at radius 3 is 2.58 bits per heavy atom. The van der Waals surface area contributed by atoms with E-state index in [-0.39, 0.29) is 6.03 Å². The van der Waals surface area contributed by atoms with Crippen LogP contribution in [-0.2, 0) is 0 Å². The lowest BCUT2D eigenvalue weighted by Gasteiger charge is -2.09. The van der Waals surface area contributed by atoms with Crippen molar-refractivity contribution in [2.24, 2.45) is 0 Å². The standard InChI is InChI=1S/C18H15ClN4O/c1-12-11-14(5-6-15(12)19)21-18(24)23-17-4-2-3-16(22-17)13-7-9-20-10-8-13/h2-11H,1H3,(H2,21,22,23,24). The number of carbonyl (C=O) groups is 1. The smallest absolute Gasteiger partial charge is 0.308 e. The first-order valence-electron chi connectivity index (χ1n) is 7.33. The molecule has 0 atom stereocenters. The van der Waals surface area contributed by atoms with E-state index < -0.39 is 0 Å². The van der Waals surface area contributed by atoms with E-state index in [2.05, 4.69) is 20.6 Å². The van der Waals surface area contributed by atoms with Crippen LogP contribution in [0.25, 0.3) is 11.3 Å². The Kier molecular flexibility index (Phi) is 4.72. The highest BCUT2D eigenvalue weighted by atomic mass is 35.5. The zero-order valence-corrected chi connectivity index (χ0v) is 13.7. The predicted octanol–water partition coefficient (Wildman–Crippen LogP) is 4.75. The largest absolute Gasteiger partial charge is 0.324 e. The van der Waals surface area contributed by atoms with E-state index in [1.165, 1.54) is 0 Å². The number of hydrogen-bond donors (Lipinski definition) is 2. The van der Waals surface area contributed by atoms with Gasteiger partial charge in [-0.05, 0) is 55.0 Å². The molecule has 0 radical (unpaired) electrons. The second kappa shape index (κ2) is 7.10. The maximum absolute atomic E-state index is 12.1. The molecule has 0 aliphatic heterocycles. The van der Waals surface area contributed by atoms with Crippen LogP contribution in [0.2, 0.25) is 5.02 Å². The zero-order valence-electron chi connectivity index (χ0n) is 13.0. The number of benzene rings is 1. The van der Waals surface area contributed by atoms with Gasteiger partial charge in [-0.1, -0.05) is 17.7 Å². The molecular weight excluding hydrogens is 324 g/mol. The molecule has 2 heterocycles. The van der Waals surface area contributed by atoms with Gasteiger partial charge in [0, 0.05) is 28.7 Å². The van der Waals surface area contributed by atoms with Crippen LogP contribution in [0.4, 0.5) is 16.3 Å². The topological polar surface area (TPSA) is 66.9 Å². The first-order valence-corrected chi connectivity index (χ1v) is 7.71. The van der Waals surface area contributed by atoms with Crippen molar-refractivity contribution >= 4 is 29.1 Å². The van der Waals surface area contributed by atoms with Crippen molar-refractivity contribution in [1.29, 1.82) is 0 Å². The molecule has 6 heteroatoms. The molecule has 5 nitrogen and oxygen atoms in total. The lowest BCUT2D eigenvalue weighted by atomic mass is 10.2. The summed E-state index contributed by atoms with van der Waals surface area (Å²) in [4.78, 5) is 20.5. The molecule has 0 aliphatic rings. The van der Waals surface area contributed by atoms with Crippen LogP contribution in [0, 0.1) is 6.92 Å². The minimum Gasteiger partial charge on any atom is -0.308 e. The Morgan fingerprint density at radius 1 is 1.04 bits per heavy atom. The Bertz CT molecular complexity index is 868. The van der Waals surface area contributed by atoms with Gasteiger partial charge in [-0.25, -0.2) is 9.78 Å². The summed E-state index contributed by atoms with van der Waals surface area (Å²) in [6.07, 6.45) is 3.40.